The molecule has 0 amide bonds. The maximum absolute atomic E-state index is 12.3. The molecule has 0 aliphatic rings. The van der Waals surface area contributed by atoms with Crippen molar-refractivity contribution in [3.8, 4) is 0 Å². The van der Waals surface area contributed by atoms with Crippen LogP contribution >= 0.6 is 23.1 Å². The zero-order chi connectivity index (χ0) is 13.9. The van der Waals surface area contributed by atoms with Gasteiger partial charge in [0.25, 0.3) is 10.0 Å². The van der Waals surface area contributed by atoms with Crippen LogP contribution in [0.3, 0.4) is 0 Å². The molecule has 106 valence electrons. The molecule has 0 fully saturated rings. The third-order valence-electron chi connectivity index (χ3n) is 2.53. The van der Waals surface area contributed by atoms with Crippen LogP contribution in [0, 0.1) is 0 Å². The van der Waals surface area contributed by atoms with Gasteiger partial charge in [0.05, 0.1) is 0 Å². The molecular formula is C10H16N4O2S3. The van der Waals surface area contributed by atoms with Gasteiger partial charge in [-0.1, -0.05) is 0 Å². The van der Waals surface area contributed by atoms with E-state index in [1.807, 2.05) is 11.6 Å². The summed E-state index contributed by atoms with van der Waals surface area (Å²) in [6, 6.07) is 0. The largest absolute Gasteiger partial charge is 0.371 e. The predicted molar refractivity (Wildman–Crippen MR) is 80.8 cm³/mol. The minimum atomic E-state index is -3.55. The van der Waals surface area contributed by atoms with Gasteiger partial charge in [0, 0.05) is 25.2 Å². The highest BCUT2D eigenvalue weighted by molar-refractivity contribution is 7.98. The summed E-state index contributed by atoms with van der Waals surface area (Å²) >= 11 is 3.10. The normalized spacial score (nSPS) is 12.1. The summed E-state index contributed by atoms with van der Waals surface area (Å²) in [5, 5.41) is 4.82. The fourth-order valence-corrected chi connectivity index (χ4v) is 4.24. The average molecular weight is 320 g/mol. The van der Waals surface area contributed by atoms with Gasteiger partial charge in [-0.25, -0.2) is 18.1 Å². The average Bonchev–Trinajstić information content (AvgIpc) is 2.93. The van der Waals surface area contributed by atoms with E-state index in [9.17, 15) is 8.42 Å². The fourth-order valence-electron chi connectivity index (χ4n) is 1.68. The van der Waals surface area contributed by atoms with Crippen LogP contribution in [0.25, 0.3) is 4.96 Å². The number of thiazole rings is 1. The molecular weight excluding hydrogens is 304 g/mol. The second-order valence-electron chi connectivity index (χ2n) is 3.82. The molecule has 9 heteroatoms. The number of aromatic nitrogens is 2. The third-order valence-corrected chi connectivity index (χ3v) is 5.46. The van der Waals surface area contributed by atoms with Crippen molar-refractivity contribution in [2.75, 3.05) is 30.9 Å². The number of anilines is 1. The first-order valence-corrected chi connectivity index (χ1v) is 9.47. The van der Waals surface area contributed by atoms with Crippen LogP contribution in [0.2, 0.25) is 0 Å². The Kier molecular flexibility index (Phi) is 4.71. The first kappa shape index (κ1) is 14.6. The molecule has 0 aliphatic carbocycles. The van der Waals surface area contributed by atoms with Gasteiger partial charge in [-0.15, -0.1) is 11.3 Å². The number of rotatable bonds is 7. The van der Waals surface area contributed by atoms with Crippen molar-refractivity contribution in [3.63, 3.8) is 0 Å². The molecule has 0 aliphatic heterocycles. The molecule has 0 atom stereocenters. The first-order valence-electron chi connectivity index (χ1n) is 5.72. The summed E-state index contributed by atoms with van der Waals surface area (Å²) in [5.41, 5.74) is 0. The molecule has 2 aromatic heterocycles. The Bertz CT molecular complexity index is 647. The van der Waals surface area contributed by atoms with Crippen LogP contribution in [-0.2, 0) is 10.0 Å². The second kappa shape index (κ2) is 6.12. The van der Waals surface area contributed by atoms with Crippen molar-refractivity contribution in [1.82, 2.24) is 14.1 Å². The number of fused-ring (bicyclic) bond motifs is 1. The van der Waals surface area contributed by atoms with Crippen LogP contribution in [0.4, 0.5) is 5.82 Å². The summed E-state index contributed by atoms with van der Waals surface area (Å²) < 4.78 is 28.9. The quantitative estimate of drug-likeness (QED) is 0.756. The van der Waals surface area contributed by atoms with E-state index in [0.29, 0.717) is 17.3 Å². The van der Waals surface area contributed by atoms with Crippen LogP contribution in [0.5, 0.6) is 0 Å². The summed E-state index contributed by atoms with van der Waals surface area (Å²) in [5.74, 6) is 1.31. The molecule has 0 radical (unpaired) electrons. The van der Waals surface area contributed by atoms with Gasteiger partial charge in [0.2, 0.25) is 0 Å². The van der Waals surface area contributed by atoms with Crippen molar-refractivity contribution < 1.29 is 8.42 Å². The van der Waals surface area contributed by atoms with Crippen molar-refractivity contribution >= 4 is 43.9 Å². The SMILES string of the molecule is CNc1nc2sccn2c1S(=O)(=O)NCCCSC. The van der Waals surface area contributed by atoms with Gasteiger partial charge in [-0.05, 0) is 18.4 Å². The first-order chi connectivity index (χ1) is 9.10. The summed E-state index contributed by atoms with van der Waals surface area (Å²) in [4.78, 5) is 4.91. The molecule has 2 heterocycles. The van der Waals surface area contributed by atoms with Crippen LogP contribution < -0.4 is 10.0 Å². The van der Waals surface area contributed by atoms with Crippen LogP contribution in [-0.4, -0.2) is 43.4 Å². The van der Waals surface area contributed by atoms with E-state index in [1.54, 1.807) is 29.4 Å². The lowest BCUT2D eigenvalue weighted by Gasteiger charge is -2.07. The smallest absolute Gasteiger partial charge is 0.260 e. The number of sulfonamides is 1. The monoisotopic (exact) mass is 320 g/mol. The van der Waals surface area contributed by atoms with Crippen molar-refractivity contribution in [2.45, 2.75) is 11.4 Å². The van der Waals surface area contributed by atoms with Gasteiger partial charge in [-0.2, -0.15) is 11.8 Å². The van der Waals surface area contributed by atoms with E-state index >= 15 is 0 Å². The van der Waals surface area contributed by atoms with E-state index in [0.717, 1.165) is 12.2 Å². The Morgan fingerprint density at radius 1 is 1.53 bits per heavy atom. The molecule has 0 spiro atoms. The Hall–Kier alpha value is -0.770. The van der Waals surface area contributed by atoms with E-state index in [-0.39, 0.29) is 5.03 Å². The Balaban J connectivity index is 2.28. The number of nitrogens with one attached hydrogen (secondary N) is 2. The Labute approximate surface area is 120 Å². The number of nitrogens with zero attached hydrogens (tertiary/aromatic N) is 2. The van der Waals surface area contributed by atoms with Gasteiger partial charge in [0.1, 0.15) is 0 Å². The molecule has 0 unspecified atom stereocenters. The lowest BCUT2D eigenvalue weighted by Crippen LogP contribution is -2.26. The van der Waals surface area contributed by atoms with E-state index in [4.69, 9.17) is 0 Å². The third kappa shape index (κ3) is 3.04. The van der Waals surface area contributed by atoms with Gasteiger partial charge >= 0.3 is 0 Å². The van der Waals surface area contributed by atoms with Crippen LogP contribution in [0.15, 0.2) is 16.6 Å². The highest BCUT2D eigenvalue weighted by Gasteiger charge is 2.24. The van der Waals surface area contributed by atoms with E-state index in [1.165, 1.54) is 11.3 Å². The maximum atomic E-state index is 12.3. The van der Waals surface area contributed by atoms with Crippen molar-refractivity contribution in [3.05, 3.63) is 11.6 Å². The zero-order valence-corrected chi connectivity index (χ0v) is 13.2. The number of hydrogen-bond acceptors (Lipinski definition) is 6. The molecule has 0 bridgehead atoms. The molecule has 2 aromatic rings. The minimum Gasteiger partial charge on any atom is -0.371 e. The zero-order valence-electron chi connectivity index (χ0n) is 10.7. The number of imidazole rings is 1. The van der Waals surface area contributed by atoms with Crippen molar-refractivity contribution in [2.24, 2.45) is 0 Å². The Morgan fingerprint density at radius 2 is 2.32 bits per heavy atom. The molecule has 0 saturated carbocycles. The van der Waals surface area contributed by atoms with Gasteiger partial charge < -0.3 is 5.32 Å². The second-order valence-corrected chi connectivity index (χ2v) is 7.36. The predicted octanol–water partition coefficient (Wildman–Crippen LogP) is 1.47. The van der Waals surface area contributed by atoms with E-state index in [2.05, 4.69) is 15.0 Å². The summed E-state index contributed by atoms with van der Waals surface area (Å²) in [6.07, 6.45) is 4.52. The number of thioether (sulfide) groups is 1. The minimum absolute atomic E-state index is 0.176. The lowest BCUT2D eigenvalue weighted by molar-refractivity contribution is 0.576. The maximum Gasteiger partial charge on any atom is 0.260 e. The van der Waals surface area contributed by atoms with E-state index < -0.39 is 10.0 Å². The molecule has 6 nitrogen and oxygen atoms in total. The summed E-state index contributed by atoms with van der Waals surface area (Å²) in [7, 11) is -1.89. The van der Waals surface area contributed by atoms with Gasteiger partial charge in [-0.3, -0.25) is 4.40 Å². The fraction of sp³-hybridized carbons (Fsp3) is 0.500. The summed E-state index contributed by atoms with van der Waals surface area (Å²) in [6.45, 7) is 0.434. The molecule has 19 heavy (non-hydrogen) atoms. The molecule has 0 saturated heterocycles. The van der Waals surface area contributed by atoms with Crippen molar-refractivity contribution in [1.29, 1.82) is 0 Å². The highest BCUT2D eigenvalue weighted by Crippen LogP contribution is 2.25. The molecule has 0 aromatic carbocycles. The number of hydrogen-bond donors (Lipinski definition) is 2. The van der Waals surface area contributed by atoms with Crippen LogP contribution in [0.1, 0.15) is 6.42 Å². The lowest BCUT2D eigenvalue weighted by atomic mass is 10.5. The molecule has 2 rings (SSSR count). The highest BCUT2D eigenvalue weighted by atomic mass is 32.2. The standard InChI is InChI=1S/C10H16N4O2S3/c1-11-8-9(14-5-7-18-10(14)13-8)19(15,16)12-4-3-6-17-2/h5,7,11-12H,3-4,6H2,1-2H3. The molecule has 2 N–H and O–H groups in total. The topological polar surface area (TPSA) is 75.5 Å². The Morgan fingerprint density at radius 3 is 3.00 bits per heavy atom. The van der Waals surface area contributed by atoms with Gasteiger partial charge in [0.15, 0.2) is 15.8 Å².